The van der Waals surface area contributed by atoms with Gasteiger partial charge in [-0.2, -0.15) is 0 Å². The highest BCUT2D eigenvalue weighted by Crippen LogP contribution is 2.29. The molecule has 1 aromatic rings. The van der Waals surface area contributed by atoms with Crippen LogP contribution in [0.4, 0.5) is 15.8 Å². The van der Waals surface area contributed by atoms with Crippen LogP contribution in [0.15, 0.2) is 18.2 Å². The molecule has 22 heavy (non-hydrogen) atoms. The van der Waals surface area contributed by atoms with Crippen molar-refractivity contribution in [3.8, 4) is 0 Å². The fourth-order valence-electron chi connectivity index (χ4n) is 2.83. The SMILES string of the molecule is O=CC1O[C@H](CO)CN1c1ccc(N2CCOCC2)c(F)c1. The molecule has 2 aliphatic heterocycles. The van der Waals surface area contributed by atoms with Gasteiger partial charge >= 0.3 is 0 Å². The van der Waals surface area contributed by atoms with Crippen molar-refractivity contribution < 1.29 is 23.8 Å². The normalized spacial score (nSPS) is 25.5. The lowest BCUT2D eigenvalue weighted by atomic mass is 10.2. The van der Waals surface area contributed by atoms with E-state index in [1.54, 1.807) is 17.0 Å². The summed E-state index contributed by atoms with van der Waals surface area (Å²) in [4.78, 5) is 14.7. The largest absolute Gasteiger partial charge is 0.394 e. The van der Waals surface area contributed by atoms with Crippen molar-refractivity contribution in [2.45, 2.75) is 12.3 Å². The lowest BCUT2D eigenvalue weighted by Gasteiger charge is -2.30. The first kappa shape index (κ1) is 15.2. The first-order valence-corrected chi connectivity index (χ1v) is 7.33. The second-order valence-electron chi connectivity index (χ2n) is 5.35. The van der Waals surface area contributed by atoms with Gasteiger partial charge in [0.1, 0.15) is 11.9 Å². The first-order valence-electron chi connectivity index (χ1n) is 7.33. The van der Waals surface area contributed by atoms with Crippen molar-refractivity contribution in [1.82, 2.24) is 0 Å². The molecule has 3 rings (SSSR count). The van der Waals surface area contributed by atoms with Gasteiger partial charge in [-0.05, 0) is 18.2 Å². The van der Waals surface area contributed by atoms with E-state index in [4.69, 9.17) is 14.6 Å². The Hall–Kier alpha value is -1.70. The van der Waals surface area contributed by atoms with E-state index in [2.05, 4.69) is 0 Å². The molecule has 2 atom stereocenters. The molecule has 0 saturated carbocycles. The molecule has 1 N–H and O–H groups in total. The summed E-state index contributed by atoms with van der Waals surface area (Å²) >= 11 is 0. The van der Waals surface area contributed by atoms with Crippen molar-refractivity contribution in [3.05, 3.63) is 24.0 Å². The molecule has 120 valence electrons. The fourth-order valence-corrected chi connectivity index (χ4v) is 2.83. The highest BCUT2D eigenvalue weighted by molar-refractivity contribution is 5.67. The van der Waals surface area contributed by atoms with Crippen molar-refractivity contribution >= 4 is 17.7 Å². The molecule has 0 bridgehead atoms. The van der Waals surface area contributed by atoms with Crippen LogP contribution >= 0.6 is 0 Å². The molecule has 0 radical (unpaired) electrons. The second kappa shape index (κ2) is 6.60. The smallest absolute Gasteiger partial charge is 0.187 e. The zero-order valence-electron chi connectivity index (χ0n) is 12.2. The Morgan fingerprint density at radius 1 is 1.36 bits per heavy atom. The number of benzene rings is 1. The average Bonchev–Trinajstić information content (AvgIpc) is 2.99. The van der Waals surface area contributed by atoms with Crippen LogP contribution in [0, 0.1) is 5.82 Å². The Morgan fingerprint density at radius 3 is 2.77 bits per heavy atom. The number of hydrogen-bond donors (Lipinski definition) is 1. The van der Waals surface area contributed by atoms with E-state index in [9.17, 15) is 9.18 Å². The van der Waals surface area contributed by atoms with Crippen molar-refractivity contribution in [2.24, 2.45) is 0 Å². The van der Waals surface area contributed by atoms with Crippen LogP contribution in [-0.2, 0) is 14.3 Å². The molecule has 2 heterocycles. The minimum absolute atomic E-state index is 0.171. The van der Waals surface area contributed by atoms with Crippen molar-refractivity contribution in [3.63, 3.8) is 0 Å². The van der Waals surface area contributed by atoms with Gasteiger partial charge in [0.25, 0.3) is 0 Å². The summed E-state index contributed by atoms with van der Waals surface area (Å²) in [5.74, 6) is -0.337. The third-order valence-corrected chi connectivity index (χ3v) is 3.97. The molecule has 0 aliphatic carbocycles. The first-order chi connectivity index (χ1) is 10.7. The Morgan fingerprint density at radius 2 is 2.14 bits per heavy atom. The number of ether oxygens (including phenoxy) is 2. The van der Waals surface area contributed by atoms with Crippen LogP contribution < -0.4 is 9.80 Å². The van der Waals surface area contributed by atoms with E-state index < -0.39 is 12.3 Å². The van der Waals surface area contributed by atoms with Crippen LogP contribution in [0.1, 0.15) is 0 Å². The molecule has 2 saturated heterocycles. The van der Waals surface area contributed by atoms with Crippen LogP contribution in [0.5, 0.6) is 0 Å². The number of aliphatic hydroxyl groups is 1. The number of carbonyl (C=O) groups excluding carboxylic acids is 1. The van der Waals surface area contributed by atoms with Crippen molar-refractivity contribution in [2.75, 3.05) is 49.3 Å². The quantitative estimate of drug-likeness (QED) is 0.812. The molecule has 0 aromatic heterocycles. The molecule has 2 fully saturated rings. The maximum absolute atomic E-state index is 14.4. The molecular weight excluding hydrogens is 291 g/mol. The van der Waals surface area contributed by atoms with E-state index in [0.717, 1.165) is 0 Å². The Balaban J connectivity index is 1.80. The summed E-state index contributed by atoms with van der Waals surface area (Å²) in [7, 11) is 0. The highest BCUT2D eigenvalue weighted by Gasteiger charge is 2.32. The molecule has 0 amide bonds. The molecule has 6 nitrogen and oxygen atoms in total. The molecule has 0 spiro atoms. The van der Waals surface area contributed by atoms with Crippen LogP contribution in [0.3, 0.4) is 0 Å². The Labute approximate surface area is 128 Å². The summed E-state index contributed by atoms with van der Waals surface area (Å²) in [6.07, 6.45) is -0.563. The van der Waals surface area contributed by atoms with Gasteiger partial charge in [0.2, 0.25) is 0 Å². The molecule has 1 aromatic carbocycles. The number of aliphatic hydroxyl groups excluding tert-OH is 1. The lowest BCUT2D eigenvalue weighted by molar-refractivity contribution is -0.117. The fraction of sp³-hybridized carbons (Fsp3) is 0.533. The van der Waals surface area contributed by atoms with Gasteiger partial charge in [0.05, 0.1) is 25.5 Å². The van der Waals surface area contributed by atoms with E-state index in [-0.39, 0.29) is 12.4 Å². The monoisotopic (exact) mass is 310 g/mol. The van der Waals surface area contributed by atoms with E-state index in [0.29, 0.717) is 50.5 Å². The third kappa shape index (κ3) is 2.92. The predicted molar refractivity (Wildman–Crippen MR) is 78.6 cm³/mol. The van der Waals surface area contributed by atoms with E-state index in [1.807, 2.05) is 4.90 Å². The summed E-state index contributed by atoms with van der Waals surface area (Å²) in [5.41, 5.74) is 1.11. The lowest BCUT2D eigenvalue weighted by Crippen LogP contribution is -2.37. The Bertz CT molecular complexity index is 536. The van der Waals surface area contributed by atoms with E-state index >= 15 is 0 Å². The summed E-state index contributed by atoms with van der Waals surface area (Å²) in [6, 6.07) is 4.89. The molecule has 7 heteroatoms. The van der Waals surface area contributed by atoms with Gasteiger partial charge in [-0.3, -0.25) is 4.79 Å². The van der Waals surface area contributed by atoms with Gasteiger partial charge in [0, 0.05) is 25.3 Å². The van der Waals surface area contributed by atoms with Crippen LogP contribution in [-0.4, -0.2) is 63.2 Å². The van der Waals surface area contributed by atoms with E-state index in [1.165, 1.54) is 6.07 Å². The van der Waals surface area contributed by atoms with Crippen LogP contribution in [0.25, 0.3) is 0 Å². The van der Waals surface area contributed by atoms with Gasteiger partial charge < -0.3 is 24.4 Å². The van der Waals surface area contributed by atoms with Crippen LogP contribution in [0.2, 0.25) is 0 Å². The topological polar surface area (TPSA) is 62.2 Å². The van der Waals surface area contributed by atoms with Gasteiger partial charge in [0.15, 0.2) is 12.5 Å². The summed E-state index contributed by atoms with van der Waals surface area (Å²) in [5, 5.41) is 9.15. The number of halogens is 1. The maximum atomic E-state index is 14.4. The van der Waals surface area contributed by atoms with Gasteiger partial charge in [-0.15, -0.1) is 0 Å². The Kier molecular flexibility index (Phi) is 4.56. The highest BCUT2D eigenvalue weighted by atomic mass is 19.1. The predicted octanol–water partition coefficient (Wildman–Crippen LogP) is 0.385. The number of hydrogen-bond acceptors (Lipinski definition) is 6. The van der Waals surface area contributed by atoms with Gasteiger partial charge in [-0.25, -0.2) is 4.39 Å². The minimum Gasteiger partial charge on any atom is -0.394 e. The minimum atomic E-state index is -0.786. The zero-order valence-corrected chi connectivity index (χ0v) is 12.2. The summed E-state index contributed by atoms with van der Waals surface area (Å²) in [6.45, 7) is 2.68. The molecule has 2 aliphatic rings. The average molecular weight is 310 g/mol. The number of morpholine rings is 1. The standard InChI is InChI=1S/C15H19FN2O4/c16-13-7-11(18-8-12(9-19)22-15(18)10-20)1-2-14(13)17-3-5-21-6-4-17/h1-2,7,10,12,15,19H,3-6,8-9H2/t12-,15?/m0/s1. The number of rotatable bonds is 4. The van der Waals surface area contributed by atoms with Gasteiger partial charge in [-0.1, -0.05) is 0 Å². The molecular formula is C15H19FN2O4. The molecule has 1 unspecified atom stereocenters. The van der Waals surface area contributed by atoms with Crippen molar-refractivity contribution in [1.29, 1.82) is 0 Å². The number of anilines is 2. The summed E-state index contributed by atoms with van der Waals surface area (Å²) < 4.78 is 25.0. The number of nitrogens with zero attached hydrogens (tertiary/aromatic N) is 2. The maximum Gasteiger partial charge on any atom is 0.187 e. The third-order valence-electron chi connectivity index (χ3n) is 3.97. The zero-order chi connectivity index (χ0) is 15.5. The second-order valence-corrected chi connectivity index (χ2v) is 5.35. The number of carbonyl (C=O) groups is 1. The number of aldehydes is 1.